The van der Waals surface area contributed by atoms with Crippen LogP contribution in [0.15, 0.2) is 35.3 Å². The first kappa shape index (κ1) is 24.9. The molecule has 0 bridgehead atoms. The van der Waals surface area contributed by atoms with Gasteiger partial charge in [-0.1, -0.05) is 12.1 Å². The summed E-state index contributed by atoms with van der Waals surface area (Å²) in [5, 5.41) is 3.41. The number of carbonyl (C=O) groups excluding carboxylic acids is 1. The molecular formula is C28H34N8O2S. The van der Waals surface area contributed by atoms with Crippen LogP contribution in [0, 0.1) is 11.8 Å². The van der Waals surface area contributed by atoms with Crippen molar-refractivity contribution in [1.29, 1.82) is 0 Å². The number of pyridine rings is 1. The van der Waals surface area contributed by atoms with Gasteiger partial charge in [0.05, 0.1) is 15.6 Å². The molecule has 3 aliphatic heterocycles. The number of hydrogen-bond donors (Lipinski definition) is 1. The number of hydrogen-bond acceptors (Lipinski definition) is 9. The molecule has 4 aromatic rings. The molecule has 204 valence electrons. The van der Waals surface area contributed by atoms with E-state index in [4.69, 9.17) is 4.98 Å². The Morgan fingerprint density at radius 1 is 1.03 bits per heavy atom. The van der Waals surface area contributed by atoms with Gasteiger partial charge in [0.15, 0.2) is 5.65 Å². The van der Waals surface area contributed by atoms with Gasteiger partial charge in [-0.3, -0.25) is 18.9 Å². The van der Waals surface area contributed by atoms with Crippen molar-refractivity contribution in [2.75, 3.05) is 84.4 Å². The quantitative estimate of drug-likeness (QED) is 0.402. The normalized spacial score (nSPS) is 22.9. The Labute approximate surface area is 230 Å². The van der Waals surface area contributed by atoms with Crippen molar-refractivity contribution in [1.82, 2.24) is 34.4 Å². The van der Waals surface area contributed by atoms with Gasteiger partial charge < -0.3 is 20.0 Å². The van der Waals surface area contributed by atoms with Crippen LogP contribution >= 0.6 is 11.3 Å². The van der Waals surface area contributed by atoms with E-state index in [9.17, 15) is 9.59 Å². The predicted molar refractivity (Wildman–Crippen MR) is 155 cm³/mol. The lowest BCUT2D eigenvalue weighted by atomic mass is 10.0. The first-order valence-electron chi connectivity index (χ1n) is 13.8. The second-order valence-electron chi connectivity index (χ2n) is 11.4. The zero-order chi connectivity index (χ0) is 26.7. The maximum Gasteiger partial charge on any atom is 0.258 e. The van der Waals surface area contributed by atoms with Crippen LogP contribution in [0.1, 0.15) is 10.4 Å². The van der Waals surface area contributed by atoms with E-state index in [0.717, 1.165) is 69.1 Å². The number of thiazole rings is 1. The minimum Gasteiger partial charge on any atom is -0.351 e. The third kappa shape index (κ3) is 4.37. The molecule has 3 saturated heterocycles. The summed E-state index contributed by atoms with van der Waals surface area (Å²) in [5.41, 5.74) is 1.39. The number of fused-ring (bicyclic) bond motifs is 6. The molecule has 1 aromatic carbocycles. The first-order valence-corrected chi connectivity index (χ1v) is 14.6. The van der Waals surface area contributed by atoms with Gasteiger partial charge >= 0.3 is 0 Å². The summed E-state index contributed by atoms with van der Waals surface area (Å²) in [6.07, 6.45) is 1.63. The Kier molecular flexibility index (Phi) is 6.26. The van der Waals surface area contributed by atoms with Crippen LogP contribution < -0.4 is 15.6 Å². The van der Waals surface area contributed by atoms with Crippen molar-refractivity contribution in [3.8, 4) is 0 Å². The Hall–Kier alpha value is -3.12. The fourth-order valence-corrected chi connectivity index (χ4v) is 7.70. The van der Waals surface area contributed by atoms with Crippen LogP contribution in [-0.4, -0.2) is 115 Å². The van der Waals surface area contributed by atoms with Gasteiger partial charge in [-0.15, -0.1) is 11.3 Å². The maximum atomic E-state index is 13.8. The Morgan fingerprint density at radius 2 is 1.77 bits per heavy atom. The molecule has 7 rings (SSSR count). The van der Waals surface area contributed by atoms with Gasteiger partial charge in [0.1, 0.15) is 10.4 Å². The number of piperazine rings is 1. The third-order valence-electron chi connectivity index (χ3n) is 8.66. The molecule has 10 nitrogen and oxygen atoms in total. The predicted octanol–water partition coefficient (Wildman–Crippen LogP) is 1.43. The molecule has 3 aliphatic rings. The van der Waals surface area contributed by atoms with Crippen molar-refractivity contribution < 1.29 is 4.79 Å². The van der Waals surface area contributed by atoms with Gasteiger partial charge in [0.2, 0.25) is 11.4 Å². The Morgan fingerprint density at radius 3 is 2.54 bits per heavy atom. The number of amides is 1. The minimum absolute atomic E-state index is 0.178. The fourth-order valence-electron chi connectivity index (χ4n) is 6.52. The van der Waals surface area contributed by atoms with E-state index in [1.54, 1.807) is 6.20 Å². The average Bonchev–Trinajstić information content (AvgIpc) is 3.60. The fraction of sp³-hybridized carbons (Fsp3) is 0.500. The van der Waals surface area contributed by atoms with E-state index < -0.39 is 0 Å². The number of anilines is 1. The van der Waals surface area contributed by atoms with Crippen molar-refractivity contribution >= 4 is 49.3 Å². The third-order valence-corrected chi connectivity index (χ3v) is 9.80. The van der Waals surface area contributed by atoms with Crippen molar-refractivity contribution in [2.45, 2.75) is 0 Å². The second-order valence-corrected chi connectivity index (χ2v) is 12.4. The molecule has 11 heteroatoms. The lowest BCUT2D eigenvalue weighted by molar-refractivity contribution is 0.0941. The van der Waals surface area contributed by atoms with E-state index >= 15 is 0 Å². The number of likely N-dealkylation sites (tertiary alicyclic amines) is 1. The molecule has 0 saturated carbocycles. The van der Waals surface area contributed by atoms with Crippen LogP contribution in [0.5, 0.6) is 0 Å². The van der Waals surface area contributed by atoms with Gasteiger partial charge in [-0.2, -0.15) is 4.98 Å². The molecule has 0 spiro atoms. The Bertz CT molecular complexity index is 1610. The van der Waals surface area contributed by atoms with Crippen LogP contribution in [0.3, 0.4) is 0 Å². The van der Waals surface area contributed by atoms with Gasteiger partial charge in [0.25, 0.3) is 5.91 Å². The molecule has 2 unspecified atom stereocenters. The summed E-state index contributed by atoms with van der Waals surface area (Å²) in [6, 6.07) is 8.01. The highest BCUT2D eigenvalue weighted by Crippen LogP contribution is 2.34. The average molecular weight is 547 g/mol. The number of benzene rings is 1. The Balaban J connectivity index is 1.25. The van der Waals surface area contributed by atoms with Crippen LogP contribution in [-0.2, 0) is 0 Å². The summed E-state index contributed by atoms with van der Waals surface area (Å²) in [6.45, 7) is 9.35. The van der Waals surface area contributed by atoms with Crippen LogP contribution in [0.25, 0.3) is 26.1 Å². The molecular weight excluding hydrogens is 512 g/mol. The number of rotatable bonds is 5. The summed E-state index contributed by atoms with van der Waals surface area (Å²) in [7, 11) is 4.31. The van der Waals surface area contributed by atoms with Crippen LogP contribution in [0.2, 0.25) is 0 Å². The highest BCUT2D eigenvalue weighted by atomic mass is 32.1. The standard InChI is InChI=1S/C28H34N8O2S/c1-32-9-11-34(12-10-32)8-7-29-26(38)23-24(37)20-13-30-28(35-16-18-14-33(2)15-19(18)17-35)31-25(20)36-21-5-3-4-6-22(21)39-27(23)36/h3-6,13,18-19H,7-12,14-17H2,1-2H3,(H,29,38). The largest absolute Gasteiger partial charge is 0.351 e. The smallest absolute Gasteiger partial charge is 0.258 e. The van der Waals surface area contributed by atoms with E-state index in [2.05, 4.69) is 44.0 Å². The van der Waals surface area contributed by atoms with Crippen molar-refractivity contribution in [3.63, 3.8) is 0 Å². The SMILES string of the molecule is CN1CCN(CCNC(=O)c2c(=O)c3cnc(N4CC5CN(C)CC5C4)nc3n3c2sc2ccccc23)CC1. The molecule has 1 N–H and O–H groups in total. The first-order chi connectivity index (χ1) is 19.0. The summed E-state index contributed by atoms with van der Waals surface area (Å²) in [5.74, 6) is 1.57. The minimum atomic E-state index is -0.333. The molecule has 2 atom stereocenters. The lowest BCUT2D eigenvalue weighted by Crippen LogP contribution is -2.47. The van der Waals surface area contributed by atoms with Crippen molar-refractivity contribution in [3.05, 3.63) is 46.2 Å². The number of aromatic nitrogens is 3. The topological polar surface area (TPSA) is 89.3 Å². The number of nitrogens with one attached hydrogen (secondary N) is 1. The summed E-state index contributed by atoms with van der Waals surface area (Å²) in [4.78, 5) is 46.9. The molecule has 0 radical (unpaired) electrons. The number of para-hydroxylation sites is 1. The van der Waals surface area contributed by atoms with Gasteiger partial charge in [-0.05, 0) is 38.1 Å². The van der Waals surface area contributed by atoms with Crippen molar-refractivity contribution in [2.24, 2.45) is 11.8 Å². The molecule has 3 fully saturated rings. The molecule has 39 heavy (non-hydrogen) atoms. The number of likely N-dealkylation sites (N-methyl/N-ethyl adjacent to an activating group) is 1. The van der Waals surface area contributed by atoms with E-state index in [1.807, 2.05) is 28.7 Å². The number of nitrogens with zero attached hydrogens (tertiary/aromatic N) is 7. The molecule has 0 aliphatic carbocycles. The zero-order valence-corrected chi connectivity index (χ0v) is 23.3. The highest BCUT2D eigenvalue weighted by molar-refractivity contribution is 7.24. The van der Waals surface area contributed by atoms with Crippen LogP contribution in [0.4, 0.5) is 5.95 Å². The van der Waals surface area contributed by atoms with Gasteiger partial charge in [-0.25, -0.2) is 4.98 Å². The lowest BCUT2D eigenvalue weighted by Gasteiger charge is -2.32. The maximum absolute atomic E-state index is 13.8. The molecule has 1 amide bonds. The zero-order valence-electron chi connectivity index (χ0n) is 22.5. The molecule has 3 aromatic heterocycles. The number of carbonyl (C=O) groups is 1. The monoisotopic (exact) mass is 546 g/mol. The second kappa shape index (κ2) is 9.81. The van der Waals surface area contributed by atoms with Gasteiger partial charge in [0, 0.05) is 71.6 Å². The highest BCUT2D eigenvalue weighted by Gasteiger charge is 2.39. The summed E-state index contributed by atoms with van der Waals surface area (Å²) < 4.78 is 3.00. The van der Waals surface area contributed by atoms with E-state index in [0.29, 0.717) is 40.2 Å². The van der Waals surface area contributed by atoms with E-state index in [1.165, 1.54) is 11.3 Å². The summed E-state index contributed by atoms with van der Waals surface area (Å²) >= 11 is 1.47. The van der Waals surface area contributed by atoms with E-state index in [-0.39, 0.29) is 16.9 Å². The molecule has 6 heterocycles.